The van der Waals surface area contributed by atoms with E-state index in [9.17, 15) is 14.7 Å². The van der Waals surface area contributed by atoms with Gasteiger partial charge in [0.1, 0.15) is 11.2 Å². The molecule has 1 N–H and O–H groups in total. The number of cyclic esters (lactones) is 1. The summed E-state index contributed by atoms with van der Waals surface area (Å²) in [6.45, 7) is 3.99. The fourth-order valence-corrected chi connectivity index (χ4v) is 5.53. The first-order valence-electron chi connectivity index (χ1n) is 12.1. The summed E-state index contributed by atoms with van der Waals surface area (Å²) < 4.78 is 11.6. The van der Waals surface area contributed by atoms with Gasteiger partial charge in [0, 0.05) is 16.7 Å². The zero-order chi connectivity index (χ0) is 22.9. The van der Waals surface area contributed by atoms with Crippen LogP contribution in [0, 0.1) is 17.8 Å². The van der Waals surface area contributed by atoms with Gasteiger partial charge in [-0.1, -0.05) is 13.0 Å². The third kappa shape index (κ3) is 3.43. The molecule has 2 saturated carbocycles. The van der Waals surface area contributed by atoms with Gasteiger partial charge in [0.05, 0.1) is 17.4 Å². The normalized spacial score (nSPS) is 26.3. The Hall–Kier alpha value is -2.86. The predicted molar refractivity (Wildman–Crippen MR) is 125 cm³/mol. The van der Waals surface area contributed by atoms with Gasteiger partial charge in [-0.3, -0.25) is 9.69 Å². The second-order valence-corrected chi connectivity index (χ2v) is 10.2. The number of esters is 1. The molecule has 2 aliphatic carbocycles. The number of hydrogen-bond acceptors (Lipinski definition) is 5. The van der Waals surface area contributed by atoms with E-state index in [-0.39, 0.29) is 11.8 Å². The van der Waals surface area contributed by atoms with Crippen molar-refractivity contribution in [3.8, 4) is 0 Å². The van der Waals surface area contributed by atoms with Gasteiger partial charge in [0.15, 0.2) is 6.23 Å². The number of nitrogens with zero attached hydrogens (tertiary/aromatic N) is 1. The van der Waals surface area contributed by atoms with E-state index in [0.29, 0.717) is 34.3 Å². The number of aliphatic hydroxyl groups is 1. The highest BCUT2D eigenvalue weighted by Gasteiger charge is 2.39. The number of ether oxygens (including phenoxy) is 1. The van der Waals surface area contributed by atoms with E-state index >= 15 is 0 Å². The van der Waals surface area contributed by atoms with Crippen LogP contribution in [0.25, 0.3) is 21.9 Å². The molecule has 0 bridgehead atoms. The van der Waals surface area contributed by atoms with Gasteiger partial charge in [-0.2, -0.15) is 0 Å². The summed E-state index contributed by atoms with van der Waals surface area (Å²) in [4.78, 5) is 28.0. The molecule has 2 heterocycles. The Kier molecular flexibility index (Phi) is 4.77. The number of anilines is 1. The number of benzene rings is 2. The molecule has 2 aromatic carbocycles. The van der Waals surface area contributed by atoms with Crippen LogP contribution in [0.5, 0.6) is 0 Å². The predicted octanol–water partition coefficient (Wildman–Crippen LogP) is 5.71. The molecule has 6 rings (SSSR count). The van der Waals surface area contributed by atoms with Crippen LogP contribution >= 0.6 is 0 Å². The first-order valence-corrected chi connectivity index (χ1v) is 12.1. The van der Waals surface area contributed by atoms with Crippen molar-refractivity contribution >= 4 is 39.5 Å². The molecule has 2 unspecified atom stereocenters. The van der Waals surface area contributed by atoms with Crippen LogP contribution in [-0.2, 0) is 9.53 Å². The van der Waals surface area contributed by atoms with Crippen LogP contribution in [0.4, 0.5) is 5.69 Å². The monoisotopic (exact) mass is 447 g/mol. The van der Waals surface area contributed by atoms with Crippen molar-refractivity contribution in [3.63, 3.8) is 0 Å². The standard InChI is InChI=1S/C27H29NO5/c1-14-3-5-17(6-4-14)26(30)28-15(2)32-27(31)21-13-24-20(12-22(21)28)19-11-18(9-10-23(19)33-24)25(29)16-7-8-16/h9-17,25,29H,3-8H2,1-2H3. The molecule has 0 saturated heterocycles. The molecule has 1 aliphatic heterocycles. The second-order valence-electron chi connectivity index (χ2n) is 10.2. The molecule has 3 aromatic rings. The van der Waals surface area contributed by atoms with E-state index in [0.717, 1.165) is 54.9 Å². The van der Waals surface area contributed by atoms with Crippen molar-refractivity contribution in [1.29, 1.82) is 0 Å². The lowest BCUT2D eigenvalue weighted by molar-refractivity contribution is -0.125. The number of aliphatic hydroxyl groups excluding tert-OH is 1. The molecule has 33 heavy (non-hydrogen) atoms. The summed E-state index contributed by atoms with van der Waals surface area (Å²) in [6, 6.07) is 9.35. The molecule has 2 atom stereocenters. The number of fused-ring (bicyclic) bond motifs is 4. The van der Waals surface area contributed by atoms with Gasteiger partial charge in [-0.15, -0.1) is 0 Å². The molecule has 0 radical (unpaired) electrons. The number of hydrogen-bond donors (Lipinski definition) is 1. The summed E-state index contributed by atoms with van der Waals surface area (Å²) in [7, 11) is 0. The van der Waals surface area contributed by atoms with E-state index in [1.807, 2.05) is 24.3 Å². The average Bonchev–Trinajstić information content (AvgIpc) is 3.59. The van der Waals surface area contributed by atoms with E-state index in [2.05, 4.69) is 6.92 Å². The van der Waals surface area contributed by atoms with Crippen molar-refractivity contribution in [2.45, 2.75) is 64.7 Å². The van der Waals surface area contributed by atoms with Crippen LogP contribution < -0.4 is 4.90 Å². The van der Waals surface area contributed by atoms with E-state index < -0.39 is 18.3 Å². The van der Waals surface area contributed by atoms with Crippen molar-refractivity contribution in [2.75, 3.05) is 4.90 Å². The van der Waals surface area contributed by atoms with Gasteiger partial charge in [0.25, 0.3) is 0 Å². The maximum atomic E-state index is 13.6. The smallest absolute Gasteiger partial charge is 0.342 e. The summed E-state index contributed by atoms with van der Waals surface area (Å²) in [5.74, 6) is 0.516. The maximum Gasteiger partial charge on any atom is 0.342 e. The molecule has 2 fully saturated rings. The highest BCUT2D eigenvalue weighted by molar-refractivity contribution is 6.13. The Morgan fingerprint density at radius 1 is 1.00 bits per heavy atom. The fourth-order valence-electron chi connectivity index (χ4n) is 5.53. The van der Waals surface area contributed by atoms with Gasteiger partial charge in [-0.05, 0) is 87.1 Å². The van der Waals surface area contributed by atoms with Gasteiger partial charge < -0.3 is 14.3 Å². The van der Waals surface area contributed by atoms with Gasteiger partial charge >= 0.3 is 5.97 Å². The third-order valence-corrected chi connectivity index (χ3v) is 7.74. The SMILES string of the molecule is CC1CCC(C(=O)N2c3cc4c(cc3C(=O)OC2C)oc2ccc(C(O)C3CC3)cc24)CC1. The van der Waals surface area contributed by atoms with Gasteiger partial charge in [0.2, 0.25) is 5.91 Å². The Balaban J connectivity index is 1.46. The largest absolute Gasteiger partial charge is 0.456 e. The summed E-state index contributed by atoms with van der Waals surface area (Å²) in [5, 5.41) is 12.3. The molecule has 1 amide bonds. The molecule has 3 aliphatic rings. The van der Waals surface area contributed by atoms with Crippen LogP contribution in [0.1, 0.15) is 74.4 Å². The molecule has 6 nitrogen and oxygen atoms in total. The molecule has 0 spiro atoms. The van der Waals surface area contributed by atoms with Gasteiger partial charge in [-0.25, -0.2) is 4.79 Å². The highest BCUT2D eigenvalue weighted by Crippen LogP contribution is 2.43. The highest BCUT2D eigenvalue weighted by atomic mass is 16.6. The van der Waals surface area contributed by atoms with Crippen molar-refractivity contribution in [2.24, 2.45) is 17.8 Å². The lowest BCUT2D eigenvalue weighted by Gasteiger charge is -2.37. The third-order valence-electron chi connectivity index (χ3n) is 7.74. The molecule has 1 aromatic heterocycles. The van der Waals surface area contributed by atoms with Crippen molar-refractivity contribution in [3.05, 3.63) is 41.5 Å². The van der Waals surface area contributed by atoms with Crippen LogP contribution in [-0.4, -0.2) is 23.2 Å². The number of amides is 1. The van der Waals surface area contributed by atoms with Crippen LogP contribution in [0.15, 0.2) is 34.7 Å². The lowest BCUT2D eigenvalue weighted by atomic mass is 9.82. The Morgan fingerprint density at radius 2 is 1.73 bits per heavy atom. The Labute approximate surface area is 192 Å². The molecular formula is C27H29NO5. The van der Waals surface area contributed by atoms with Crippen LogP contribution in [0.2, 0.25) is 0 Å². The quantitative estimate of drug-likeness (QED) is 0.521. The van der Waals surface area contributed by atoms with Crippen molar-refractivity contribution in [1.82, 2.24) is 0 Å². The lowest BCUT2D eigenvalue weighted by Crippen LogP contribution is -2.48. The van der Waals surface area contributed by atoms with E-state index in [1.165, 1.54) is 0 Å². The molecule has 6 heteroatoms. The maximum absolute atomic E-state index is 13.6. The first kappa shape index (κ1) is 20.7. The zero-order valence-electron chi connectivity index (χ0n) is 19.0. The summed E-state index contributed by atoms with van der Waals surface area (Å²) >= 11 is 0. The fraction of sp³-hybridized carbons (Fsp3) is 0.481. The molecule has 172 valence electrons. The van der Waals surface area contributed by atoms with Crippen LogP contribution in [0.3, 0.4) is 0 Å². The van der Waals surface area contributed by atoms with E-state index in [1.54, 1.807) is 17.9 Å². The first-order chi connectivity index (χ1) is 15.9. The molecular weight excluding hydrogens is 418 g/mol. The minimum absolute atomic E-state index is 0.0279. The number of furan rings is 1. The van der Waals surface area contributed by atoms with Crippen molar-refractivity contribution < 1.29 is 23.8 Å². The second kappa shape index (κ2) is 7.59. The van der Waals surface area contributed by atoms with E-state index in [4.69, 9.17) is 9.15 Å². The Bertz CT molecular complexity index is 1260. The number of rotatable bonds is 3. The summed E-state index contributed by atoms with van der Waals surface area (Å²) in [5.41, 5.74) is 3.09. The minimum atomic E-state index is -0.653. The number of carbonyl (C=O) groups excluding carboxylic acids is 2. The summed E-state index contributed by atoms with van der Waals surface area (Å²) in [6.07, 6.45) is 4.80. The Morgan fingerprint density at radius 3 is 2.45 bits per heavy atom. The average molecular weight is 448 g/mol. The minimum Gasteiger partial charge on any atom is -0.456 e. The topological polar surface area (TPSA) is 80.0 Å². The number of carbonyl (C=O) groups is 2. The zero-order valence-corrected chi connectivity index (χ0v) is 19.0.